The molecule has 1 heterocycles. The predicted molar refractivity (Wildman–Crippen MR) is 90.9 cm³/mol. The summed E-state index contributed by atoms with van der Waals surface area (Å²) in [5.41, 5.74) is -0.736. The highest BCUT2D eigenvalue weighted by Gasteiger charge is 2.53. The third-order valence-corrected chi connectivity index (χ3v) is 5.35. The smallest absolute Gasteiger partial charge is 0.465 e. The molecule has 3 rings (SSSR count). The average Bonchev–Trinajstić information content (AvgIpc) is 3.30. The molecule has 0 bridgehead atoms. The summed E-state index contributed by atoms with van der Waals surface area (Å²) in [4.78, 5) is 26.4. The Labute approximate surface area is 163 Å². The quantitative estimate of drug-likeness (QED) is 0.731. The van der Waals surface area contributed by atoms with Gasteiger partial charge in [-0.25, -0.2) is 14.0 Å². The molecular formula is C18H20F4N2O5. The lowest BCUT2D eigenvalue weighted by atomic mass is 10.0. The molecule has 1 saturated heterocycles. The van der Waals surface area contributed by atoms with E-state index < -0.39 is 41.7 Å². The third-order valence-electron chi connectivity index (χ3n) is 5.35. The molecule has 2 aliphatic rings. The molecule has 11 heteroatoms. The van der Waals surface area contributed by atoms with Crippen LogP contribution in [0.25, 0.3) is 0 Å². The van der Waals surface area contributed by atoms with Crippen LogP contribution < -0.4 is 4.74 Å². The number of nitrogens with zero attached hydrogens (tertiary/aromatic N) is 2. The average molecular weight is 420 g/mol. The summed E-state index contributed by atoms with van der Waals surface area (Å²) in [6.07, 6.45) is -4.89. The second-order valence-electron chi connectivity index (χ2n) is 7.08. The van der Waals surface area contributed by atoms with Gasteiger partial charge in [-0.05, 0) is 43.4 Å². The maximum Gasteiger partial charge on any atom is 0.573 e. The van der Waals surface area contributed by atoms with Crippen LogP contribution in [0.3, 0.4) is 0 Å². The zero-order valence-electron chi connectivity index (χ0n) is 15.5. The van der Waals surface area contributed by atoms with Gasteiger partial charge in [-0.3, -0.25) is 4.90 Å². The predicted octanol–water partition coefficient (Wildman–Crippen LogP) is 3.92. The van der Waals surface area contributed by atoms with Crippen LogP contribution in [0.2, 0.25) is 0 Å². The number of carbonyl (C=O) groups is 2. The molecule has 1 aliphatic carbocycles. The van der Waals surface area contributed by atoms with Gasteiger partial charge >= 0.3 is 18.5 Å². The van der Waals surface area contributed by atoms with Crippen LogP contribution >= 0.6 is 0 Å². The van der Waals surface area contributed by atoms with Gasteiger partial charge in [-0.15, -0.1) is 13.2 Å². The Morgan fingerprint density at radius 2 is 2.03 bits per heavy atom. The molecule has 1 unspecified atom stereocenters. The van der Waals surface area contributed by atoms with Gasteiger partial charge in [-0.2, -0.15) is 0 Å². The number of carbonyl (C=O) groups excluding carboxylic acids is 1. The van der Waals surface area contributed by atoms with Crippen molar-refractivity contribution in [2.24, 2.45) is 0 Å². The number of hydrogen-bond acceptors (Lipinski definition) is 4. The summed E-state index contributed by atoms with van der Waals surface area (Å²) in [6.45, 7) is 0.355. The van der Waals surface area contributed by atoms with E-state index in [4.69, 9.17) is 4.74 Å². The number of likely N-dealkylation sites (tertiary alicyclic amines) is 1. The molecule has 29 heavy (non-hydrogen) atoms. The van der Waals surface area contributed by atoms with E-state index in [1.54, 1.807) is 0 Å². The van der Waals surface area contributed by atoms with Crippen molar-refractivity contribution < 1.29 is 41.7 Å². The maximum absolute atomic E-state index is 13.8. The highest BCUT2D eigenvalue weighted by molar-refractivity contribution is 5.70. The second kappa shape index (κ2) is 7.60. The fourth-order valence-electron chi connectivity index (χ4n) is 3.85. The number of carboxylic acid groups (broad SMARTS) is 1. The third kappa shape index (κ3) is 4.33. The van der Waals surface area contributed by atoms with E-state index in [1.807, 2.05) is 0 Å². The molecule has 0 aromatic heterocycles. The Morgan fingerprint density at radius 1 is 1.34 bits per heavy atom. The molecular weight excluding hydrogens is 400 g/mol. The molecule has 1 aromatic carbocycles. The Morgan fingerprint density at radius 3 is 2.59 bits per heavy atom. The van der Waals surface area contributed by atoms with E-state index in [-0.39, 0.29) is 12.1 Å². The standard InChI is InChI=1S/C18H20F4N2O5/c1-28-16(27)24(10-12-3-2-8-23(12)15(25)26)17(6-7-17)11-4-5-13(19)14(9-11)29-18(20,21)22/h4-5,9,12H,2-3,6-8,10H2,1H3,(H,25,26). The van der Waals surface area contributed by atoms with Crippen LogP contribution in [-0.4, -0.2) is 59.7 Å². The first-order valence-corrected chi connectivity index (χ1v) is 8.98. The van der Waals surface area contributed by atoms with Gasteiger partial charge in [0.05, 0.1) is 18.7 Å². The van der Waals surface area contributed by atoms with Gasteiger partial charge in [0.15, 0.2) is 11.6 Å². The van der Waals surface area contributed by atoms with Crippen LogP contribution in [0.1, 0.15) is 31.2 Å². The fourth-order valence-corrected chi connectivity index (χ4v) is 3.85. The Hall–Kier alpha value is -2.72. The van der Waals surface area contributed by atoms with Crippen LogP contribution in [0, 0.1) is 5.82 Å². The van der Waals surface area contributed by atoms with E-state index in [0.717, 1.165) is 19.2 Å². The van der Waals surface area contributed by atoms with Gasteiger partial charge in [0, 0.05) is 13.1 Å². The molecule has 1 aromatic rings. The van der Waals surface area contributed by atoms with Crippen molar-refractivity contribution in [3.05, 3.63) is 29.6 Å². The Bertz CT molecular complexity index is 797. The molecule has 0 radical (unpaired) electrons. The normalized spacial score (nSPS) is 20.3. The van der Waals surface area contributed by atoms with Gasteiger partial charge in [0.2, 0.25) is 0 Å². The summed E-state index contributed by atoms with van der Waals surface area (Å²) >= 11 is 0. The summed E-state index contributed by atoms with van der Waals surface area (Å²) in [5.74, 6) is -2.17. The first-order valence-electron chi connectivity index (χ1n) is 8.98. The van der Waals surface area contributed by atoms with Crippen molar-refractivity contribution >= 4 is 12.2 Å². The molecule has 0 spiro atoms. The number of amides is 2. The highest BCUT2D eigenvalue weighted by Crippen LogP contribution is 2.52. The summed E-state index contributed by atoms with van der Waals surface area (Å²) in [7, 11) is 1.16. The molecule has 7 nitrogen and oxygen atoms in total. The van der Waals surface area contributed by atoms with Crippen molar-refractivity contribution in [2.45, 2.75) is 43.6 Å². The Kier molecular flexibility index (Phi) is 5.50. The van der Waals surface area contributed by atoms with Crippen molar-refractivity contribution in [1.29, 1.82) is 0 Å². The first kappa shape index (κ1) is 21.0. The number of hydrogen-bond donors (Lipinski definition) is 1. The van der Waals surface area contributed by atoms with Crippen molar-refractivity contribution in [2.75, 3.05) is 20.2 Å². The topological polar surface area (TPSA) is 79.3 Å². The molecule has 160 valence electrons. The lowest BCUT2D eigenvalue weighted by molar-refractivity contribution is -0.275. The van der Waals surface area contributed by atoms with Gasteiger partial charge in [0.25, 0.3) is 0 Å². The molecule has 1 saturated carbocycles. The summed E-state index contributed by atoms with van der Waals surface area (Å²) in [6, 6.07) is 2.61. The van der Waals surface area contributed by atoms with Crippen LogP contribution in [0.5, 0.6) is 5.75 Å². The number of benzene rings is 1. The van der Waals surface area contributed by atoms with E-state index in [2.05, 4.69) is 4.74 Å². The first-order chi connectivity index (χ1) is 13.6. The fraction of sp³-hybridized carbons (Fsp3) is 0.556. The molecule has 2 amide bonds. The van der Waals surface area contributed by atoms with Gasteiger partial charge in [-0.1, -0.05) is 6.07 Å². The highest BCUT2D eigenvalue weighted by atomic mass is 19.4. The van der Waals surface area contributed by atoms with Crippen LogP contribution in [0.15, 0.2) is 18.2 Å². The Balaban J connectivity index is 1.91. The number of rotatable bonds is 5. The maximum atomic E-state index is 13.8. The van der Waals surface area contributed by atoms with Crippen molar-refractivity contribution in [3.63, 3.8) is 0 Å². The van der Waals surface area contributed by atoms with Gasteiger partial charge in [0.1, 0.15) is 0 Å². The van der Waals surface area contributed by atoms with Crippen LogP contribution in [-0.2, 0) is 10.3 Å². The minimum atomic E-state index is -5.07. The van der Waals surface area contributed by atoms with Crippen molar-refractivity contribution in [1.82, 2.24) is 9.80 Å². The van der Waals surface area contributed by atoms with E-state index in [1.165, 1.54) is 15.9 Å². The summed E-state index contributed by atoms with van der Waals surface area (Å²) < 4.78 is 60.1. The lowest BCUT2D eigenvalue weighted by Crippen LogP contribution is -2.49. The number of ether oxygens (including phenoxy) is 2. The van der Waals surface area contributed by atoms with Crippen LogP contribution in [0.4, 0.5) is 27.2 Å². The number of halogens is 4. The lowest BCUT2D eigenvalue weighted by Gasteiger charge is -2.35. The monoisotopic (exact) mass is 420 g/mol. The second-order valence-corrected chi connectivity index (χ2v) is 7.08. The zero-order valence-corrected chi connectivity index (χ0v) is 15.5. The molecule has 1 N–H and O–H groups in total. The van der Waals surface area contributed by atoms with E-state index in [0.29, 0.717) is 32.2 Å². The molecule has 1 atom stereocenters. The van der Waals surface area contributed by atoms with E-state index >= 15 is 0 Å². The molecule has 1 aliphatic heterocycles. The minimum Gasteiger partial charge on any atom is -0.465 e. The zero-order chi connectivity index (χ0) is 21.4. The SMILES string of the molecule is COC(=O)N(CC1CCCN1C(=O)O)C1(c2ccc(F)c(OC(F)(F)F)c2)CC1. The number of alkyl halides is 3. The van der Waals surface area contributed by atoms with Crippen molar-refractivity contribution in [3.8, 4) is 5.75 Å². The van der Waals surface area contributed by atoms with E-state index in [9.17, 15) is 32.3 Å². The largest absolute Gasteiger partial charge is 0.573 e. The molecule has 2 fully saturated rings. The number of methoxy groups -OCH3 is 1. The van der Waals surface area contributed by atoms with Gasteiger partial charge < -0.3 is 19.5 Å². The minimum absolute atomic E-state index is 0.0197. The summed E-state index contributed by atoms with van der Waals surface area (Å²) in [5, 5.41) is 9.33.